The van der Waals surface area contributed by atoms with Gasteiger partial charge in [0.05, 0.1) is 10.6 Å². The quantitative estimate of drug-likeness (QED) is 0.881. The summed E-state index contributed by atoms with van der Waals surface area (Å²) in [4.78, 5) is 12.4. The van der Waals surface area contributed by atoms with Crippen LogP contribution in [-0.4, -0.2) is 32.2 Å². The standard InChI is InChI=1S/C15H22N2O3S/c1-2-21(19,20)14-9-3-11(4-10-14)15(18)17-13-7-5-12(16)6-8-13/h3-4,9-10,12-13H,2,5-8,16H2,1H3,(H,17,18). The van der Waals surface area contributed by atoms with Gasteiger partial charge in [0.25, 0.3) is 5.91 Å². The molecule has 6 heteroatoms. The van der Waals surface area contributed by atoms with E-state index in [1.54, 1.807) is 19.1 Å². The fourth-order valence-electron chi connectivity index (χ4n) is 2.51. The Kier molecular flexibility index (Phi) is 5.00. The fraction of sp³-hybridized carbons (Fsp3) is 0.533. The molecule has 1 aromatic carbocycles. The molecule has 1 aliphatic rings. The topological polar surface area (TPSA) is 89.3 Å². The van der Waals surface area contributed by atoms with Crippen LogP contribution in [0.2, 0.25) is 0 Å². The zero-order valence-corrected chi connectivity index (χ0v) is 13.0. The lowest BCUT2D eigenvalue weighted by atomic mass is 9.91. The lowest BCUT2D eigenvalue weighted by Crippen LogP contribution is -2.40. The second-order valence-corrected chi connectivity index (χ2v) is 7.79. The fourth-order valence-corrected chi connectivity index (χ4v) is 3.40. The Morgan fingerprint density at radius 2 is 1.76 bits per heavy atom. The van der Waals surface area contributed by atoms with Crippen LogP contribution in [0.4, 0.5) is 0 Å². The molecule has 1 aliphatic carbocycles. The van der Waals surface area contributed by atoms with Gasteiger partial charge in [0, 0.05) is 17.6 Å². The lowest BCUT2D eigenvalue weighted by Gasteiger charge is -2.26. The largest absolute Gasteiger partial charge is 0.349 e. The minimum atomic E-state index is -3.22. The smallest absolute Gasteiger partial charge is 0.251 e. The normalized spacial score (nSPS) is 22.8. The van der Waals surface area contributed by atoms with Gasteiger partial charge in [-0.1, -0.05) is 6.92 Å². The number of carbonyl (C=O) groups excluding carboxylic acids is 1. The van der Waals surface area contributed by atoms with Crippen LogP contribution in [0.25, 0.3) is 0 Å². The van der Waals surface area contributed by atoms with Crippen LogP contribution >= 0.6 is 0 Å². The van der Waals surface area contributed by atoms with Gasteiger partial charge in [-0.2, -0.15) is 0 Å². The van der Waals surface area contributed by atoms with Gasteiger partial charge in [-0.15, -0.1) is 0 Å². The molecule has 0 aromatic heterocycles. The zero-order valence-electron chi connectivity index (χ0n) is 12.2. The Balaban J connectivity index is 2.00. The minimum absolute atomic E-state index is 0.0564. The lowest BCUT2D eigenvalue weighted by molar-refractivity contribution is 0.0926. The molecule has 0 radical (unpaired) electrons. The minimum Gasteiger partial charge on any atom is -0.349 e. The molecule has 21 heavy (non-hydrogen) atoms. The second kappa shape index (κ2) is 6.58. The van der Waals surface area contributed by atoms with Gasteiger partial charge in [0.1, 0.15) is 0 Å². The SMILES string of the molecule is CCS(=O)(=O)c1ccc(C(=O)NC2CCC(N)CC2)cc1. The average Bonchev–Trinajstić information content (AvgIpc) is 2.49. The van der Waals surface area contributed by atoms with Crippen molar-refractivity contribution in [2.45, 2.75) is 49.6 Å². The van der Waals surface area contributed by atoms with E-state index in [-0.39, 0.29) is 28.6 Å². The zero-order chi connectivity index (χ0) is 15.5. The molecule has 0 bridgehead atoms. The van der Waals surface area contributed by atoms with Crippen molar-refractivity contribution in [2.75, 3.05) is 5.75 Å². The predicted octanol–water partition coefficient (Wildman–Crippen LogP) is 1.48. The summed E-state index contributed by atoms with van der Waals surface area (Å²) in [5.74, 6) is -0.100. The summed E-state index contributed by atoms with van der Waals surface area (Å²) in [5, 5.41) is 2.98. The highest BCUT2D eigenvalue weighted by Crippen LogP contribution is 2.18. The summed E-state index contributed by atoms with van der Waals surface area (Å²) in [6.07, 6.45) is 3.65. The molecule has 0 heterocycles. The molecule has 0 unspecified atom stereocenters. The molecule has 5 nitrogen and oxygen atoms in total. The van der Waals surface area contributed by atoms with E-state index >= 15 is 0 Å². The molecular weight excluding hydrogens is 288 g/mol. The highest BCUT2D eigenvalue weighted by molar-refractivity contribution is 7.91. The number of rotatable bonds is 4. The molecule has 0 saturated heterocycles. The maximum Gasteiger partial charge on any atom is 0.251 e. The first-order valence-electron chi connectivity index (χ1n) is 7.31. The number of benzene rings is 1. The molecule has 0 atom stereocenters. The summed E-state index contributed by atoms with van der Waals surface area (Å²) in [6, 6.07) is 6.52. The Labute approximate surface area is 125 Å². The van der Waals surface area contributed by atoms with Crippen LogP contribution in [0.5, 0.6) is 0 Å². The van der Waals surface area contributed by atoms with E-state index in [0.717, 1.165) is 25.7 Å². The number of sulfone groups is 1. The van der Waals surface area contributed by atoms with Gasteiger partial charge < -0.3 is 11.1 Å². The first-order valence-corrected chi connectivity index (χ1v) is 8.97. The maximum atomic E-state index is 12.1. The highest BCUT2D eigenvalue weighted by Gasteiger charge is 2.20. The third-order valence-corrected chi connectivity index (χ3v) is 5.71. The van der Waals surface area contributed by atoms with Gasteiger partial charge in [0.15, 0.2) is 9.84 Å². The Morgan fingerprint density at radius 1 is 1.19 bits per heavy atom. The molecule has 1 fully saturated rings. The van der Waals surface area contributed by atoms with Crippen molar-refractivity contribution >= 4 is 15.7 Å². The highest BCUT2D eigenvalue weighted by atomic mass is 32.2. The first kappa shape index (κ1) is 16.0. The molecule has 0 spiro atoms. The number of hydrogen-bond acceptors (Lipinski definition) is 4. The van der Waals surface area contributed by atoms with Crippen LogP contribution in [0, 0.1) is 0 Å². The molecule has 1 aromatic rings. The van der Waals surface area contributed by atoms with Crippen molar-refractivity contribution in [1.82, 2.24) is 5.32 Å². The van der Waals surface area contributed by atoms with Gasteiger partial charge in [-0.25, -0.2) is 8.42 Å². The van der Waals surface area contributed by atoms with Crippen molar-refractivity contribution in [2.24, 2.45) is 5.73 Å². The van der Waals surface area contributed by atoms with Gasteiger partial charge in [0.2, 0.25) is 0 Å². The van der Waals surface area contributed by atoms with Crippen LogP contribution in [0.1, 0.15) is 43.0 Å². The summed E-state index contributed by atoms with van der Waals surface area (Å²) in [7, 11) is -3.22. The maximum absolute atomic E-state index is 12.1. The number of nitrogens with one attached hydrogen (secondary N) is 1. The predicted molar refractivity (Wildman–Crippen MR) is 81.9 cm³/mol. The van der Waals surface area contributed by atoms with Crippen molar-refractivity contribution in [3.05, 3.63) is 29.8 Å². The van der Waals surface area contributed by atoms with Crippen molar-refractivity contribution < 1.29 is 13.2 Å². The Morgan fingerprint density at radius 3 is 2.29 bits per heavy atom. The van der Waals surface area contributed by atoms with E-state index in [1.165, 1.54) is 12.1 Å². The molecule has 0 aliphatic heterocycles. The molecule has 2 rings (SSSR count). The van der Waals surface area contributed by atoms with E-state index in [1.807, 2.05) is 0 Å². The van der Waals surface area contributed by atoms with Gasteiger partial charge in [-0.05, 0) is 49.9 Å². The van der Waals surface area contributed by atoms with Crippen LogP contribution in [0.15, 0.2) is 29.2 Å². The Hall–Kier alpha value is -1.40. The van der Waals surface area contributed by atoms with Crippen LogP contribution in [-0.2, 0) is 9.84 Å². The summed E-state index contributed by atoms with van der Waals surface area (Å²) >= 11 is 0. The van der Waals surface area contributed by atoms with Crippen LogP contribution in [0.3, 0.4) is 0 Å². The van der Waals surface area contributed by atoms with Crippen molar-refractivity contribution in [3.63, 3.8) is 0 Å². The number of hydrogen-bond donors (Lipinski definition) is 2. The second-order valence-electron chi connectivity index (χ2n) is 5.51. The van der Waals surface area contributed by atoms with Crippen LogP contribution < -0.4 is 11.1 Å². The van der Waals surface area contributed by atoms with E-state index in [0.29, 0.717) is 5.56 Å². The monoisotopic (exact) mass is 310 g/mol. The summed E-state index contributed by atoms with van der Waals surface area (Å²) < 4.78 is 23.4. The molecule has 116 valence electrons. The molecular formula is C15H22N2O3S. The summed E-state index contributed by atoms with van der Waals surface area (Å²) in [6.45, 7) is 1.60. The number of carbonyl (C=O) groups is 1. The van der Waals surface area contributed by atoms with Gasteiger partial charge in [-0.3, -0.25) is 4.79 Å². The molecule has 3 N–H and O–H groups in total. The Bertz CT molecular complexity index is 588. The van der Waals surface area contributed by atoms with Gasteiger partial charge >= 0.3 is 0 Å². The van der Waals surface area contributed by atoms with Crippen molar-refractivity contribution in [3.8, 4) is 0 Å². The third kappa shape index (κ3) is 4.04. The third-order valence-electron chi connectivity index (χ3n) is 3.96. The first-order chi connectivity index (χ1) is 9.92. The summed E-state index contributed by atoms with van der Waals surface area (Å²) in [5.41, 5.74) is 6.33. The van der Waals surface area contributed by atoms with E-state index < -0.39 is 9.84 Å². The average molecular weight is 310 g/mol. The molecule has 1 saturated carbocycles. The van der Waals surface area contributed by atoms with E-state index in [2.05, 4.69) is 5.32 Å². The number of amides is 1. The van der Waals surface area contributed by atoms with E-state index in [9.17, 15) is 13.2 Å². The van der Waals surface area contributed by atoms with Crippen molar-refractivity contribution in [1.29, 1.82) is 0 Å². The van der Waals surface area contributed by atoms with E-state index in [4.69, 9.17) is 5.73 Å². The number of nitrogens with two attached hydrogens (primary N) is 1. The molecule has 1 amide bonds.